The van der Waals surface area contributed by atoms with Crippen LogP contribution in [0.15, 0.2) is 82.3 Å². The molecular weight excluding hydrogens is 1040 g/mol. The van der Waals surface area contributed by atoms with Crippen LogP contribution >= 0.6 is 0 Å². The maximum absolute atomic E-state index is 12.5. The average molecular weight is 1130 g/mol. The first-order valence-electron chi connectivity index (χ1n) is 26.0. The standard InChI is InChI=1S/C54H82N2O19S2/c1-53(19-23-68-30-32-72-38-40-74-36-34-70-28-26-66-4)46-42-44(76(59,60)61)15-17-48(46)55(21-11-7-10-14-52(57)58)50(53)12-8-6-9-13-51-54(2,20-24-69-31-33-73-39-41-75-37-35-71-29-27-67-5)47-43-45(77(62,63)64)16-18-49(47)56(51)22-25-65-3/h6,8-9,12-13,15-18,42-43H,7,10-11,14,19-41H2,1-5H3,(H2-,57,58,59,60,61,62,63,64). The minimum absolute atomic E-state index is 0.0368. The molecule has 0 fully saturated rings. The highest BCUT2D eigenvalue weighted by atomic mass is 32.2. The van der Waals surface area contributed by atoms with Gasteiger partial charge in [0.05, 0.1) is 121 Å². The number of anilines is 1. The zero-order valence-electron chi connectivity index (χ0n) is 45.5. The molecule has 0 amide bonds. The second-order valence-electron chi connectivity index (χ2n) is 18.5. The van der Waals surface area contributed by atoms with E-state index >= 15 is 0 Å². The third kappa shape index (κ3) is 21.5. The molecule has 2 N–H and O–H groups in total. The summed E-state index contributed by atoms with van der Waals surface area (Å²) in [7, 11) is -4.52. The smallest absolute Gasteiger partial charge is 0.303 e. The largest absolute Gasteiger partial charge is 0.744 e. The molecule has 0 aromatic heterocycles. The number of carboxylic acids is 1. The molecule has 0 saturated heterocycles. The molecule has 0 spiro atoms. The van der Waals surface area contributed by atoms with Gasteiger partial charge in [0.15, 0.2) is 12.3 Å². The summed E-state index contributed by atoms with van der Waals surface area (Å²) >= 11 is 0. The second-order valence-corrected chi connectivity index (χ2v) is 21.3. The maximum atomic E-state index is 12.5. The highest BCUT2D eigenvalue weighted by Crippen LogP contribution is 2.51. The van der Waals surface area contributed by atoms with E-state index in [2.05, 4.69) is 9.48 Å². The first-order chi connectivity index (χ1) is 37.0. The highest BCUT2D eigenvalue weighted by molar-refractivity contribution is 7.86. The predicted molar refractivity (Wildman–Crippen MR) is 286 cm³/mol. The number of aliphatic carboxylic acids is 1. The Balaban J connectivity index is 1.57. The lowest BCUT2D eigenvalue weighted by molar-refractivity contribution is -0.441. The van der Waals surface area contributed by atoms with Crippen LogP contribution in [0.5, 0.6) is 0 Å². The Hall–Kier alpha value is -4.02. The van der Waals surface area contributed by atoms with E-state index in [1.54, 1.807) is 33.5 Å². The number of unbranched alkanes of at least 4 members (excludes halogenated alkanes) is 2. The number of hydrogen-bond acceptors (Lipinski definition) is 18. The van der Waals surface area contributed by atoms with Crippen molar-refractivity contribution in [2.45, 2.75) is 73.0 Å². The first-order valence-corrected chi connectivity index (χ1v) is 28.9. The fraction of sp³-hybridized carbons (Fsp3) is 0.630. The monoisotopic (exact) mass is 1130 g/mol. The molecule has 2 atom stereocenters. The zero-order chi connectivity index (χ0) is 56.0. The topological polar surface area (TPSA) is 257 Å². The van der Waals surface area contributed by atoms with Gasteiger partial charge >= 0.3 is 5.97 Å². The van der Waals surface area contributed by atoms with Crippen molar-refractivity contribution in [3.8, 4) is 0 Å². The number of nitrogens with zero attached hydrogens (tertiary/aromatic N) is 2. The van der Waals surface area contributed by atoms with Crippen LogP contribution in [0.4, 0.5) is 11.4 Å². The number of allylic oxidation sites excluding steroid dienone is 6. The van der Waals surface area contributed by atoms with E-state index in [1.807, 2.05) is 44.2 Å². The van der Waals surface area contributed by atoms with Gasteiger partial charge in [-0.05, 0) is 81.5 Å². The van der Waals surface area contributed by atoms with Crippen molar-refractivity contribution in [2.24, 2.45) is 0 Å². The molecule has 4 rings (SSSR count). The number of methoxy groups -OCH3 is 3. The fourth-order valence-electron chi connectivity index (χ4n) is 9.01. The van der Waals surface area contributed by atoms with Crippen LogP contribution in [0.1, 0.15) is 63.5 Å². The van der Waals surface area contributed by atoms with E-state index in [9.17, 15) is 35.8 Å². The summed E-state index contributed by atoms with van der Waals surface area (Å²) in [4.78, 5) is 12.8. The normalized spacial score (nSPS) is 18.2. The van der Waals surface area contributed by atoms with Crippen molar-refractivity contribution >= 4 is 43.3 Å². The molecule has 2 aromatic rings. The summed E-state index contributed by atoms with van der Waals surface area (Å²) in [5.41, 5.74) is 2.83. The third-order valence-corrected chi connectivity index (χ3v) is 14.8. The molecule has 2 heterocycles. The van der Waals surface area contributed by atoms with Crippen molar-refractivity contribution < 1.29 is 92.5 Å². The number of rotatable bonds is 44. The van der Waals surface area contributed by atoms with Gasteiger partial charge in [-0.15, -0.1) is 0 Å². The molecule has 0 radical (unpaired) electrons. The molecule has 21 nitrogen and oxygen atoms in total. The maximum Gasteiger partial charge on any atom is 0.303 e. The summed E-state index contributed by atoms with van der Waals surface area (Å²) < 4.78 is 135. The van der Waals surface area contributed by atoms with Crippen LogP contribution in [0.25, 0.3) is 0 Å². The van der Waals surface area contributed by atoms with Crippen molar-refractivity contribution in [2.75, 3.05) is 165 Å². The van der Waals surface area contributed by atoms with Crippen molar-refractivity contribution in [3.05, 3.63) is 83.6 Å². The number of hydrogen-bond donors (Lipinski definition) is 2. The number of carboxylic acid groups (broad SMARTS) is 1. The Labute approximate surface area is 455 Å². The quantitative estimate of drug-likeness (QED) is 0.0361. The lowest BCUT2D eigenvalue weighted by Crippen LogP contribution is -2.33. The second kappa shape index (κ2) is 34.9. The molecule has 434 valence electrons. The number of benzene rings is 2. The number of fused-ring (bicyclic) bond motifs is 2. The third-order valence-electron chi connectivity index (χ3n) is 13.1. The van der Waals surface area contributed by atoms with Crippen LogP contribution in [-0.4, -0.2) is 207 Å². The lowest BCUT2D eigenvalue weighted by atomic mass is 9.76. The Kier molecular flexibility index (Phi) is 29.7. The SMILES string of the molecule is COCCOCCOCCOCCOCCC1(C)C(/C=C/C=C/C=C2/N(CCCCCC(=O)O)c3ccc(S(=O)(=O)[O-])cc3C2(C)CCOCCOCCOCCOCCOC)=[N+](CCOC)c2ccc(S(=O)(=O)O)cc21. The summed E-state index contributed by atoms with van der Waals surface area (Å²) in [6.45, 7) is 12.5. The highest BCUT2D eigenvalue weighted by Gasteiger charge is 2.48. The molecule has 2 aliphatic heterocycles. The van der Waals surface area contributed by atoms with E-state index < -0.39 is 37.0 Å². The Bertz CT molecular complexity index is 2450. The number of carbonyl (C=O) groups is 1. The predicted octanol–water partition coefficient (Wildman–Crippen LogP) is 5.47. The molecule has 0 bridgehead atoms. The van der Waals surface area contributed by atoms with E-state index in [-0.39, 0.29) is 22.8 Å². The Morgan fingerprint density at radius 1 is 0.597 bits per heavy atom. The summed E-state index contributed by atoms with van der Waals surface area (Å²) in [6, 6.07) is 8.98. The van der Waals surface area contributed by atoms with E-state index in [0.29, 0.717) is 175 Å². The van der Waals surface area contributed by atoms with E-state index in [4.69, 9.17) is 52.1 Å². The first kappa shape index (κ1) is 65.5. The van der Waals surface area contributed by atoms with Crippen LogP contribution in [0.2, 0.25) is 0 Å². The number of ether oxygens (including phenoxy) is 11. The van der Waals surface area contributed by atoms with Gasteiger partial charge in [-0.2, -0.15) is 13.0 Å². The van der Waals surface area contributed by atoms with Crippen LogP contribution in [-0.2, 0) is 88.0 Å². The molecule has 2 aromatic carbocycles. The van der Waals surface area contributed by atoms with Crippen molar-refractivity contribution in [1.29, 1.82) is 0 Å². The van der Waals surface area contributed by atoms with Crippen LogP contribution < -0.4 is 4.90 Å². The van der Waals surface area contributed by atoms with E-state index in [0.717, 1.165) is 22.8 Å². The van der Waals surface area contributed by atoms with Crippen LogP contribution in [0, 0.1) is 0 Å². The Morgan fingerprint density at radius 2 is 1.08 bits per heavy atom. The molecule has 77 heavy (non-hydrogen) atoms. The minimum Gasteiger partial charge on any atom is -0.744 e. The van der Waals surface area contributed by atoms with Crippen LogP contribution in [0.3, 0.4) is 0 Å². The zero-order valence-corrected chi connectivity index (χ0v) is 47.1. The molecule has 0 aliphatic carbocycles. The van der Waals surface area contributed by atoms with Crippen molar-refractivity contribution in [3.63, 3.8) is 0 Å². The molecule has 2 aliphatic rings. The van der Waals surface area contributed by atoms with Gasteiger partial charge in [0.1, 0.15) is 16.7 Å². The molecule has 0 saturated carbocycles. The molecule has 23 heteroatoms. The lowest BCUT2D eigenvalue weighted by Gasteiger charge is -2.30. The molecule has 2 unspecified atom stereocenters. The molecular formula is C54H82N2O19S2. The van der Waals surface area contributed by atoms with E-state index in [1.165, 1.54) is 24.3 Å². The van der Waals surface area contributed by atoms with Gasteiger partial charge in [-0.1, -0.05) is 24.6 Å². The van der Waals surface area contributed by atoms with Gasteiger partial charge < -0.3 is 66.7 Å². The van der Waals surface area contributed by atoms with Gasteiger partial charge in [-0.3, -0.25) is 9.35 Å². The summed E-state index contributed by atoms with van der Waals surface area (Å²) in [5.74, 6) is -0.874. The van der Waals surface area contributed by atoms with Crippen molar-refractivity contribution in [1.82, 2.24) is 0 Å². The van der Waals surface area contributed by atoms with Gasteiger partial charge in [0.25, 0.3) is 10.1 Å². The average Bonchev–Trinajstić information content (AvgIpc) is 3.78. The van der Waals surface area contributed by atoms with Gasteiger partial charge in [0.2, 0.25) is 5.69 Å². The minimum atomic E-state index is -4.81. The summed E-state index contributed by atoms with van der Waals surface area (Å²) in [6.07, 6.45) is 12.2. The fourth-order valence-corrected chi connectivity index (χ4v) is 10.0. The van der Waals surface area contributed by atoms with Gasteiger partial charge in [-0.25, -0.2) is 8.42 Å². The van der Waals surface area contributed by atoms with Gasteiger partial charge in [0, 0.05) is 82.0 Å². The summed E-state index contributed by atoms with van der Waals surface area (Å²) in [5, 5.41) is 9.28. The Morgan fingerprint density at radius 3 is 1.57 bits per heavy atom.